The summed E-state index contributed by atoms with van der Waals surface area (Å²) in [5.74, 6) is -0.242. The van der Waals surface area contributed by atoms with Gasteiger partial charge in [0.1, 0.15) is 11.9 Å². The number of amides is 1. The summed E-state index contributed by atoms with van der Waals surface area (Å²) in [6, 6.07) is 3.69. The molecule has 1 aromatic heterocycles. The van der Waals surface area contributed by atoms with Crippen LogP contribution in [0.25, 0.3) is 10.9 Å². The molecule has 11 heteroatoms. The number of nitrogens with one attached hydrogen (secondary N) is 2. The van der Waals surface area contributed by atoms with Crippen molar-refractivity contribution in [2.45, 2.75) is 37.6 Å². The van der Waals surface area contributed by atoms with E-state index in [-0.39, 0.29) is 24.8 Å². The Hall–Kier alpha value is -2.05. The lowest BCUT2D eigenvalue weighted by Gasteiger charge is -2.42. The molecule has 0 unspecified atom stereocenters. The third-order valence-corrected chi connectivity index (χ3v) is 9.28. The fourth-order valence-corrected chi connectivity index (χ4v) is 6.98. The Bertz CT molecular complexity index is 1130. The van der Waals surface area contributed by atoms with Gasteiger partial charge < -0.3 is 4.98 Å². The van der Waals surface area contributed by atoms with Crippen LogP contribution in [0.1, 0.15) is 37.2 Å². The number of hydrogen-bond acceptors (Lipinski definition) is 5. The number of piperidine rings is 1. The van der Waals surface area contributed by atoms with Crippen LogP contribution >= 0.6 is 0 Å². The van der Waals surface area contributed by atoms with Gasteiger partial charge in [0.05, 0.1) is 0 Å². The first-order chi connectivity index (χ1) is 15.9. The van der Waals surface area contributed by atoms with Crippen molar-refractivity contribution in [3.8, 4) is 0 Å². The minimum absolute atomic E-state index is 0.124. The maximum Gasteiger partial charge on any atom is 0.282 e. The van der Waals surface area contributed by atoms with E-state index in [4.69, 9.17) is 0 Å². The fourth-order valence-electron chi connectivity index (χ4n) is 5.22. The summed E-state index contributed by atoms with van der Waals surface area (Å²) in [6.07, 6.45) is 5.46. The first-order valence-electron chi connectivity index (χ1n) is 11.6. The topological polar surface area (TPSA) is 109 Å². The number of piperazine rings is 1. The predicted molar refractivity (Wildman–Crippen MR) is 120 cm³/mol. The first-order valence-corrected chi connectivity index (χ1v) is 13.0. The van der Waals surface area contributed by atoms with Crippen molar-refractivity contribution in [1.82, 2.24) is 24.0 Å². The molecule has 1 aromatic carbocycles. The van der Waals surface area contributed by atoms with Crippen LogP contribution in [0.15, 0.2) is 24.4 Å². The zero-order valence-electron chi connectivity index (χ0n) is 18.4. The Balaban J connectivity index is 1.28. The lowest BCUT2D eigenvalue weighted by molar-refractivity contribution is -0.135. The molecule has 2 aliphatic heterocycles. The van der Waals surface area contributed by atoms with Gasteiger partial charge in [-0.3, -0.25) is 14.9 Å². The monoisotopic (exact) mass is 479 g/mol. The highest BCUT2D eigenvalue weighted by molar-refractivity contribution is 7.86. The minimum atomic E-state index is -3.87. The van der Waals surface area contributed by atoms with E-state index in [0.29, 0.717) is 38.4 Å². The normalized spacial score (nSPS) is 24.4. The Morgan fingerprint density at radius 3 is 2.61 bits per heavy atom. The SMILES string of the molecule is O=C(NO)[C@H]1CN(CC2CC2)CCN1S(=O)(=O)N1CCC(c2c[nH]c3ccc(F)cc23)CC1. The highest BCUT2D eigenvalue weighted by Gasteiger charge is 2.43. The second-order valence-electron chi connectivity index (χ2n) is 9.42. The predicted octanol–water partition coefficient (Wildman–Crippen LogP) is 1.63. The van der Waals surface area contributed by atoms with Gasteiger partial charge in [-0.25, -0.2) is 9.87 Å². The average Bonchev–Trinajstić information content (AvgIpc) is 3.54. The van der Waals surface area contributed by atoms with Crippen LogP contribution in [-0.4, -0.2) is 83.3 Å². The molecule has 1 saturated carbocycles. The largest absolute Gasteiger partial charge is 0.361 e. The van der Waals surface area contributed by atoms with E-state index in [1.807, 2.05) is 6.20 Å². The van der Waals surface area contributed by atoms with E-state index < -0.39 is 22.2 Å². The number of hydroxylamine groups is 1. The van der Waals surface area contributed by atoms with Crippen LogP contribution in [-0.2, 0) is 15.0 Å². The number of benzene rings is 1. The van der Waals surface area contributed by atoms with Crippen LogP contribution in [0.5, 0.6) is 0 Å². The highest BCUT2D eigenvalue weighted by Crippen LogP contribution is 2.35. The molecule has 3 N–H and O–H groups in total. The average molecular weight is 480 g/mol. The summed E-state index contributed by atoms with van der Waals surface area (Å²) in [6.45, 7) is 2.58. The summed E-state index contributed by atoms with van der Waals surface area (Å²) >= 11 is 0. The number of carbonyl (C=O) groups is 1. The molecule has 0 bridgehead atoms. The van der Waals surface area contributed by atoms with Gasteiger partial charge >= 0.3 is 0 Å². The van der Waals surface area contributed by atoms with Gasteiger partial charge in [0.25, 0.3) is 16.1 Å². The number of aromatic nitrogens is 1. The molecule has 5 rings (SSSR count). The zero-order chi connectivity index (χ0) is 23.2. The van der Waals surface area contributed by atoms with Gasteiger partial charge in [-0.15, -0.1) is 0 Å². The van der Waals surface area contributed by atoms with Gasteiger partial charge in [-0.05, 0) is 61.3 Å². The summed E-state index contributed by atoms with van der Waals surface area (Å²) in [7, 11) is -3.87. The Kier molecular flexibility index (Phi) is 6.17. The molecule has 1 amide bonds. The number of fused-ring (bicyclic) bond motifs is 1. The smallest absolute Gasteiger partial charge is 0.282 e. The van der Waals surface area contributed by atoms with E-state index in [1.165, 1.54) is 33.6 Å². The number of halogens is 1. The molecule has 33 heavy (non-hydrogen) atoms. The molecule has 0 radical (unpaired) electrons. The zero-order valence-corrected chi connectivity index (χ0v) is 19.2. The number of rotatable bonds is 6. The summed E-state index contributed by atoms with van der Waals surface area (Å²) in [5, 5.41) is 10.1. The van der Waals surface area contributed by atoms with Crippen LogP contribution in [0.4, 0.5) is 4.39 Å². The first kappa shape index (κ1) is 22.7. The van der Waals surface area contributed by atoms with Crippen molar-refractivity contribution in [2.24, 2.45) is 5.92 Å². The van der Waals surface area contributed by atoms with Crippen LogP contribution in [0, 0.1) is 11.7 Å². The number of nitrogens with zero attached hydrogens (tertiary/aromatic N) is 3. The molecule has 9 nitrogen and oxygen atoms in total. The third-order valence-electron chi connectivity index (χ3n) is 7.23. The van der Waals surface area contributed by atoms with Crippen molar-refractivity contribution in [3.63, 3.8) is 0 Å². The number of hydrogen-bond donors (Lipinski definition) is 3. The Morgan fingerprint density at radius 1 is 1.15 bits per heavy atom. The Labute approximate surface area is 192 Å². The minimum Gasteiger partial charge on any atom is -0.361 e. The summed E-state index contributed by atoms with van der Waals surface area (Å²) in [5.41, 5.74) is 3.52. The van der Waals surface area contributed by atoms with E-state index in [0.717, 1.165) is 23.0 Å². The van der Waals surface area contributed by atoms with E-state index >= 15 is 0 Å². The molecule has 1 aliphatic carbocycles. The lowest BCUT2D eigenvalue weighted by Crippen LogP contribution is -2.63. The van der Waals surface area contributed by atoms with Gasteiger partial charge in [-0.2, -0.15) is 17.0 Å². The molecule has 3 aliphatic rings. The molecular formula is C22H30FN5O4S. The summed E-state index contributed by atoms with van der Waals surface area (Å²) in [4.78, 5) is 17.7. The van der Waals surface area contributed by atoms with Crippen molar-refractivity contribution in [1.29, 1.82) is 0 Å². The highest BCUT2D eigenvalue weighted by atomic mass is 32.2. The van der Waals surface area contributed by atoms with E-state index in [2.05, 4.69) is 9.88 Å². The second-order valence-corrected chi connectivity index (χ2v) is 11.3. The molecule has 1 atom stereocenters. The van der Waals surface area contributed by atoms with Crippen LogP contribution < -0.4 is 5.48 Å². The summed E-state index contributed by atoms with van der Waals surface area (Å²) < 4.78 is 43.4. The Morgan fingerprint density at radius 2 is 1.91 bits per heavy atom. The van der Waals surface area contributed by atoms with Crippen LogP contribution in [0.2, 0.25) is 0 Å². The van der Waals surface area contributed by atoms with Crippen molar-refractivity contribution < 1.29 is 22.8 Å². The van der Waals surface area contributed by atoms with E-state index in [1.54, 1.807) is 11.5 Å². The van der Waals surface area contributed by atoms with Crippen molar-refractivity contribution >= 4 is 27.0 Å². The van der Waals surface area contributed by atoms with Gasteiger partial charge in [0, 0.05) is 56.4 Å². The molecule has 3 heterocycles. The van der Waals surface area contributed by atoms with Gasteiger partial charge in [0.2, 0.25) is 0 Å². The lowest BCUT2D eigenvalue weighted by atomic mass is 9.90. The van der Waals surface area contributed by atoms with Gasteiger partial charge in [-0.1, -0.05) is 0 Å². The maximum absolute atomic E-state index is 13.8. The molecule has 0 spiro atoms. The fraction of sp³-hybridized carbons (Fsp3) is 0.591. The third kappa shape index (κ3) is 4.52. The quantitative estimate of drug-likeness (QED) is 0.431. The second kappa shape index (κ2) is 8.95. The molecule has 180 valence electrons. The van der Waals surface area contributed by atoms with Crippen molar-refractivity contribution in [2.75, 3.05) is 39.3 Å². The van der Waals surface area contributed by atoms with Crippen molar-refractivity contribution in [3.05, 3.63) is 35.8 Å². The molecule has 2 aromatic rings. The maximum atomic E-state index is 13.8. The van der Waals surface area contributed by atoms with E-state index in [9.17, 15) is 22.8 Å². The number of aromatic amines is 1. The molecular weight excluding hydrogens is 449 g/mol. The number of carbonyl (C=O) groups excluding carboxylic acids is 1. The van der Waals surface area contributed by atoms with Gasteiger partial charge in [0.15, 0.2) is 0 Å². The number of H-pyrrole nitrogens is 1. The standard InChI is InChI=1S/C22H30FN5O4S/c23-17-3-4-20-18(11-17)19(12-24-20)16-5-7-27(8-6-16)33(31,32)28-10-9-26(13-15-1-2-15)14-21(28)22(29)25-30/h3-4,11-12,15-16,21,24,30H,1-2,5-10,13-14H2,(H,25,29)/t21-/m1/s1. The molecule has 2 saturated heterocycles. The van der Waals surface area contributed by atoms with Crippen LogP contribution in [0.3, 0.4) is 0 Å². The molecule has 3 fully saturated rings.